The van der Waals surface area contributed by atoms with Gasteiger partial charge in [0.05, 0.1) is 29.2 Å². The summed E-state index contributed by atoms with van der Waals surface area (Å²) in [6.45, 7) is 12.7. The van der Waals surface area contributed by atoms with Crippen LogP contribution in [0.4, 0.5) is 0 Å². The highest BCUT2D eigenvalue weighted by Gasteiger charge is 2.29. The van der Waals surface area contributed by atoms with Crippen molar-refractivity contribution in [3.63, 3.8) is 0 Å². The van der Waals surface area contributed by atoms with Crippen LogP contribution >= 0.6 is 0 Å². The van der Waals surface area contributed by atoms with Crippen molar-refractivity contribution < 1.29 is 14.2 Å². The van der Waals surface area contributed by atoms with Gasteiger partial charge < -0.3 is 14.2 Å². The first-order valence-electron chi connectivity index (χ1n) is 12.5. The van der Waals surface area contributed by atoms with Gasteiger partial charge >= 0.3 is 0 Å². The van der Waals surface area contributed by atoms with Gasteiger partial charge in [0.2, 0.25) is 0 Å². The van der Waals surface area contributed by atoms with E-state index in [0.29, 0.717) is 0 Å². The minimum absolute atomic E-state index is 0.209. The molecule has 3 aromatic carbocycles. The lowest BCUT2D eigenvalue weighted by Gasteiger charge is -2.15. The number of benzene rings is 3. The van der Waals surface area contributed by atoms with Crippen LogP contribution in [0.3, 0.4) is 0 Å². The molecule has 0 aromatic heterocycles. The van der Waals surface area contributed by atoms with Crippen molar-refractivity contribution in [2.24, 2.45) is 0 Å². The molecule has 0 radical (unpaired) electrons. The molecule has 0 bridgehead atoms. The van der Waals surface area contributed by atoms with Crippen molar-refractivity contribution >= 4 is 10.9 Å². The van der Waals surface area contributed by atoms with Crippen molar-refractivity contribution in [2.75, 3.05) is 0 Å². The van der Waals surface area contributed by atoms with Crippen molar-refractivity contribution in [3.8, 4) is 17.2 Å². The molecule has 0 fully saturated rings. The first kappa shape index (κ1) is 26.0. The lowest BCUT2D eigenvalue weighted by atomic mass is 10.3. The molecule has 34 heavy (non-hydrogen) atoms. The van der Waals surface area contributed by atoms with E-state index in [-0.39, 0.29) is 29.2 Å². The monoisotopic (exact) mass is 479 g/mol. The van der Waals surface area contributed by atoms with E-state index in [9.17, 15) is 0 Å². The second-order valence-electron chi connectivity index (χ2n) is 8.73. The first-order chi connectivity index (χ1) is 16.4. The normalized spacial score (nSPS) is 14.6. The van der Waals surface area contributed by atoms with Crippen LogP contribution in [-0.4, -0.2) is 18.3 Å². The van der Waals surface area contributed by atoms with Crippen LogP contribution < -0.4 is 14.2 Å². The molecule has 3 aromatic rings. The molecule has 0 aliphatic carbocycles. The molecule has 0 heterocycles. The van der Waals surface area contributed by atoms with E-state index in [0.717, 1.165) is 36.5 Å². The smallest absolute Gasteiger partial charge is 0.166 e. The maximum Gasteiger partial charge on any atom is 0.166 e. The quantitative estimate of drug-likeness (QED) is 0.244. The zero-order chi connectivity index (χ0) is 24.5. The highest BCUT2D eigenvalue weighted by atomic mass is 32.2. The molecule has 0 spiro atoms. The summed E-state index contributed by atoms with van der Waals surface area (Å²) in [6.07, 6.45) is 3.59. The molecular formula is C30H39O3S+. The lowest BCUT2D eigenvalue weighted by Crippen LogP contribution is -2.11. The fourth-order valence-electron chi connectivity index (χ4n) is 3.32. The van der Waals surface area contributed by atoms with Gasteiger partial charge in [-0.1, -0.05) is 20.8 Å². The summed E-state index contributed by atoms with van der Waals surface area (Å²) in [7, 11) is -0.250. The van der Waals surface area contributed by atoms with Crippen LogP contribution in [0, 0.1) is 0 Å². The Bertz CT molecular complexity index is 851. The molecule has 4 heteroatoms. The molecule has 182 valence electrons. The highest BCUT2D eigenvalue weighted by molar-refractivity contribution is 7.97. The molecular weight excluding hydrogens is 440 g/mol. The molecule has 3 nitrogen and oxygen atoms in total. The van der Waals surface area contributed by atoms with Gasteiger partial charge in [0.15, 0.2) is 14.7 Å². The lowest BCUT2D eigenvalue weighted by molar-refractivity contribution is 0.217. The zero-order valence-corrected chi connectivity index (χ0v) is 22.2. The Morgan fingerprint density at radius 3 is 0.912 bits per heavy atom. The molecule has 0 N–H and O–H groups in total. The minimum Gasteiger partial charge on any atom is -0.491 e. The average molecular weight is 480 g/mol. The maximum atomic E-state index is 6.01. The predicted molar refractivity (Wildman–Crippen MR) is 143 cm³/mol. The molecule has 3 rings (SSSR count). The molecule has 0 aliphatic rings. The standard InChI is InChI=1S/C30H39O3S/c1-7-22(4)31-25-10-16-28(17-11-25)34(29-18-12-26(13-19-29)32-23(5)8-2)30-20-14-27(15-21-30)33-24(6)9-3/h10-24H,7-9H2,1-6H3/q+1. The van der Waals surface area contributed by atoms with Crippen molar-refractivity contribution in [1.29, 1.82) is 0 Å². The Kier molecular flexibility index (Phi) is 9.76. The van der Waals surface area contributed by atoms with Gasteiger partial charge in [0.1, 0.15) is 17.2 Å². The van der Waals surface area contributed by atoms with Crippen LogP contribution in [0.2, 0.25) is 0 Å². The Hall–Kier alpha value is -2.59. The van der Waals surface area contributed by atoms with Gasteiger partial charge in [-0.15, -0.1) is 0 Å². The molecule has 3 unspecified atom stereocenters. The minimum atomic E-state index is -0.250. The maximum absolute atomic E-state index is 6.01. The van der Waals surface area contributed by atoms with E-state index in [2.05, 4.69) is 114 Å². The Labute approximate surface area is 208 Å². The molecule has 3 atom stereocenters. The van der Waals surface area contributed by atoms with Gasteiger partial charge in [-0.3, -0.25) is 0 Å². The third-order valence-electron chi connectivity index (χ3n) is 5.91. The van der Waals surface area contributed by atoms with Crippen molar-refractivity contribution in [3.05, 3.63) is 72.8 Å². The Balaban J connectivity index is 1.92. The largest absolute Gasteiger partial charge is 0.491 e. The number of hydrogen-bond donors (Lipinski definition) is 0. The van der Waals surface area contributed by atoms with Crippen LogP contribution in [0.5, 0.6) is 17.2 Å². The van der Waals surface area contributed by atoms with Crippen molar-refractivity contribution in [2.45, 2.75) is 93.8 Å². The summed E-state index contributed by atoms with van der Waals surface area (Å²) in [5.74, 6) is 2.74. The molecule has 0 aliphatic heterocycles. The summed E-state index contributed by atoms with van der Waals surface area (Å²) in [6, 6.07) is 25.6. The van der Waals surface area contributed by atoms with Gasteiger partial charge in [-0.25, -0.2) is 0 Å². The second kappa shape index (κ2) is 12.8. The van der Waals surface area contributed by atoms with E-state index < -0.39 is 0 Å². The van der Waals surface area contributed by atoms with E-state index in [1.807, 2.05) is 0 Å². The zero-order valence-electron chi connectivity index (χ0n) is 21.4. The highest BCUT2D eigenvalue weighted by Crippen LogP contribution is 2.34. The predicted octanol–water partition coefficient (Wildman–Crippen LogP) is 8.31. The molecule has 0 amide bonds. The number of rotatable bonds is 12. The SMILES string of the molecule is CCC(C)Oc1ccc([S+](c2ccc(OC(C)CC)cc2)c2ccc(OC(C)CC)cc2)cc1. The van der Waals surface area contributed by atoms with E-state index >= 15 is 0 Å². The van der Waals surface area contributed by atoms with E-state index in [1.165, 1.54) is 14.7 Å². The summed E-state index contributed by atoms with van der Waals surface area (Å²) in [4.78, 5) is 3.76. The van der Waals surface area contributed by atoms with E-state index in [4.69, 9.17) is 14.2 Å². The topological polar surface area (TPSA) is 27.7 Å². The van der Waals surface area contributed by atoms with Gasteiger partial charge in [0, 0.05) is 0 Å². The fourth-order valence-corrected chi connectivity index (χ4v) is 5.36. The average Bonchev–Trinajstić information content (AvgIpc) is 2.87. The van der Waals surface area contributed by atoms with Crippen LogP contribution in [0.15, 0.2) is 87.5 Å². The molecule has 0 saturated carbocycles. The Morgan fingerprint density at radius 2 is 0.706 bits per heavy atom. The second-order valence-corrected chi connectivity index (χ2v) is 10.8. The summed E-state index contributed by atoms with van der Waals surface area (Å²) in [5, 5.41) is 0. The van der Waals surface area contributed by atoms with Crippen LogP contribution in [0.25, 0.3) is 0 Å². The van der Waals surface area contributed by atoms with Gasteiger partial charge in [0.25, 0.3) is 0 Å². The Morgan fingerprint density at radius 1 is 0.471 bits per heavy atom. The summed E-state index contributed by atoms with van der Waals surface area (Å²) in [5.41, 5.74) is 0. The van der Waals surface area contributed by atoms with E-state index in [1.54, 1.807) is 0 Å². The molecule has 0 saturated heterocycles. The fraction of sp³-hybridized carbons (Fsp3) is 0.400. The third-order valence-corrected chi connectivity index (χ3v) is 8.15. The summed E-state index contributed by atoms with van der Waals surface area (Å²) < 4.78 is 18.0. The number of hydrogen-bond acceptors (Lipinski definition) is 3. The van der Waals surface area contributed by atoms with Crippen LogP contribution in [0.1, 0.15) is 60.8 Å². The number of ether oxygens (including phenoxy) is 3. The third kappa shape index (κ3) is 7.20. The van der Waals surface area contributed by atoms with Gasteiger partial charge in [-0.2, -0.15) is 0 Å². The van der Waals surface area contributed by atoms with Crippen LogP contribution in [-0.2, 0) is 10.9 Å². The summed E-state index contributed by atoms with van der Waals surface area (Å²) >= 11 is 0. The van der Waals surface area contributed by atoms with Gasteiger partial charge in [-0.05, 0) is 113 Å². The first-order valence-corrected chi connectivity index (χ1v) is 13.7. The van der Waals surface area contributed by atoms with Crippen molar-refractivity contribution in [1.82, 2.24) is 0 Å².